The van der Waals surface area contributed by atoms with E-state index in [0.29, 0.717) is 11.1 Å². The number of methoxy groups -OCH3 is 1. The summed E-state index contributed by atoms with van der Waals surface area (Å²) in [6, 6.07) is 18.2. The van der Waals surface area contributed by atoms with E-state index < -0.39 is 23.7 Å². The van der Waals surface area contributed by atoms with Crippen LogP contribution in [0.2, 0.25) is 0 Å². The van der Waals surface area contributed by atoms with Gasteiger partial charge in [-0.3, -0.25) is 0 Å². The highest BCUT2D eigenvalue weighted by atomic mass is 16.6. The molecule has 6 nitrogen and oxygen atoms in total. The third-order valence-corrected chi connectivity index (χ3v) is 5.61. The van der Waals surface area contributed by atoms with Gasteiger partial charge in [0.25, 0.3) is 0 Å². The number of esters is 1. The van der Waals surface area contributed by atoms with Crippen molar-refractivity contribution >= 4 is 18.1 Å². The summed E-state index contributed by atoms with van der Waals surface area (Å²) < 4.78 is 10.3. The van der Waals surface area contributed by atoms with Gasteiger partial charge in [-0.1, -0.05) is 66.7 Å². The first-order valence-corrected chi connectivity index (χ1v) is 11.7. The number of phenolic OH excluding ortho intramolecular Hbond substituents is 1. The Morgan fingerprint density at radius 2 is 1.53 bits per heavy atom. The van der Waals surface area contributed by atoms with Crippen LogP contribution in [0.15, 0.2) is 67.2 Å². The molecule has 1 amide bonds. The third kappa shape index (κ3) is 6.75. The molecule has 1 atom stereocenters. The highest BCUT2D eigenvalue weighted by Gasteiger charge is 2.26. The van der Waals surface area contributed by atoms with Gasteiger partial charge in [-0.25, -0.2) is 9.59 Å². The predicted octanol–water partition coefficient (Wildman–Crippen LogP) is 6.29. The smallest absolute Gasteiger partial charge is 0.408 e. The summed E-state index contributed by atoms with van der Waals surface area (Å²) in [4.78, 5) is 25.0. The summed E-state index contributed by atoms with van der Waals surface area (Å²) in [5.41, 5.74) is 4.95. The van der Waals surface area contributed by atoms with Crippen LogP contribution < -0.4 is 5.32 Å². The number of nitrogens with one attached hydrogen (secondary N) is 1. The number of carbonyl (C=O) groups is 2. The lowest BCUT2D eigenvalue weighted by Gasteiger charge is -2.23. The molecule has 0 aliphatic rings. The van der Waals surface area contributed by atoms with Crippen LogP contribution in [0.3, 0.4) is 0 Å². The Balaban J connectivity index is 2.07. The molecule has 0 spiro atoms. The number of aromatic hydroxyl groups is 1. The van der Waals surface area contributed by atoms with Crippen LogP contribution in [-0.2, 0) is 20.7 Å². The molecule has 0 saturated carbocycles. The molecule has 0 aliphatic heterocycles. The van der Waals surface area contributed by atoms with E-state index >= 15 is 0 Å². The molecule has 0 bridgehead atoms. The average molecular weight is 488 g/mol. The van der Waals surface area contributed by atoms with Gasteiger partial charge in [0.05, 0.1) is 7.11 Å². The summed E-state index contributed by atoms with van der Waals surface area (Å²) in [5.74, 6) is -0.466. The predicted molar refractivity (Wildman–Crippen MR) is 143 cm³/mol. The van der Waals surface area contributed by atoms with E-state index in [1.165, 1.54) is 7.11 Å². The van der Waals surface area contributed by atoms with Crippen LogP contribution in [0, 0.1) is 6.92 Å². The third-order valence-electron chi connectivity index (χ3n) is 5.61. The molecule has 0 fully saturated rings. The normalized spacial score (nSPS) is 11.9. The van der Waals surface area contributed by atoms with Gasteiger partial charge in [-0.2, -0.15) is 0 Å². The molecule has 3 rings (SSSR count). The van der Waals surface area contributed by atoms with Crippen molar-refractivity contribution in [3.05, 3.63) is 83.9 Å². The Kier molecular flexibility index (Phi) is 8.20. The molecule has 0 saturated heterocycles. The summed E-state index contributed by atoms with van der Waals surface area (Å²) in [6.07, 6.45) is 1.18. The molecule has 1 unspecified atom stereocenters. The van der Waals surface area contributed by atoms with E-state index in [-0.39, 0.29) is 12.2 Å². The first-order valence-electron chi connectivity index (χ1n) is 11.7. The molecular formula is C30H33NO5. The van der Waals surface area contributed by atoms with Crippen molar-refractivity contribution < 1.29 is 24.2 Å². The Bertz CT molecular complexity index is 1240. The summed E-state index contributed by atoms with van der Waals surface area (Å²) in [6.45, 7) is 11.0. The van der Waals surface area contributed by atoms with Gasteiger partial charge in [0.2, 0.25) is 0 Å². The number of ether oxygens (including phenoxy) is 2. The maximum Gasteiger partial charge on any atom is 0.408 e. The molecule has 3 aromatic rings. The molecule has 3 aromatic carbocycles. The fraction of sp³-hybridized carbons (Fsp3) is 0.267. The average Bonchev–Trinajstić information content (AvgIpc) is 2.83. The molecule has 188 valence electrons. The molecule has 0 heterocycles. The van der Waals surface area contributed by atoms with Crippen molar-refractivity contribution in [3.8, 4) is 28.0 Å². The lowest BCUT2D eigenvalue weighted by atomic mass is 9.91. The van der Waals surface area contributed by atoms with Crippen LogP contribution in [0.5, 0.6) is 5.75 Å². The zero-order valence-corrected chi connectivity index (χ0v) is 21.4. The zero-order valence-electron chi connectivity index (χ0n) is 21.4. The van der Waals surface area contributed by atoms with Crippen LogP contribution >= 0.6 is 0 Å². The van der Waals surface area contributed by atoms with Gasteiger partial charge in [0, 0.05) is 17.5 Å². The van der Waals surface area contributed by atoms with Crippen molar-refractivity contribution in [1.29, 1.82) is 0 Å². The second kappa shape index (κ2) is 11.1. The van der Waals surface area contributed by atoms with Crippen LogP contribution in [-0.4, -0.2) is 35.9 Å². The second-order valence-electron chi connectivity index (χ2n) is 9.66. The second-order valence-corrected chi connectivity index (χ2v) is 9.66. The number of carbonyl (C=O) groups excluding carboxylic acids is 2. The Morgan fingerprint density at radius 1 is 1.00 bits per heavy atom. The van der Waals surface area contributed by atoms with E-state index in [1.54, 1.807) is 26.8 Å². The summed E-state index contributed by atoms with van der Waals surface area (Å²) in [7, 11) is 1.27. The molecule has 0 aliphatic carbocycles. The van der Waals surface area contributed by atoms with Crippen molar-refractivity contribution in [2.45, 2.75) is 45.8 Å². The van der Waals surface area contributed by atoms with Crippen molar-refractivity contribution in [2.75, 3.05) is 7.11 Å². The van der Waals surface area contributed by atoms with E-state index in [4.69, 9.17) is 9.47 Å². The van der Waals surface area contributed by atoms with Gasteiger partial charge in [-0.05, 0) is 62.1 Å². The van der Waals surface area contributed by atoms with Crippen LogP contribution in [0.1, 0.15) is 37.5 Å². The number of rotatable bonds is 7. The minimum atomic E-state index is -0.976. The number of amides is 1. The van der Waals surface area contributed by atoms with Crippen molar-refractivity contribution in [1.82, 2.24) is 5.32 Å². The molecule has 0 radical (unpaired) electrons. The Labute approximate surface area is 212 Å². The van der Waals surface area contributed by atoms with E-state index in [9.17, 15) is 14.7 Å². The first-order chi connectivity index (χ1) is 17.0. The lowest BCUT2D eigenvalue weighted by Crippen LogP contribution is -2.45. The Morgan fingerprint density at radius 3 is 2.00 bits per heavy atom. The topological polar surface area (TPSA) is 84.9 Å². The fourth-order valence-corrected chi connectivity index (χ4v) is 3.81. The van der Waals surface area contributed by atoms with E-state index in [1.807, 2.05) is 67.6 Å². The standard InChI is InChI=1S/C30H33NO5/c1-7-20-10-14-23(15-11-20)25-17-21(16-24(27(25)32)22-12-8-19(2)9-13-22)18-26(28(33)35-6)31-29(34)36-30(3,4)5/h7-17,26,32H,1,18H2,2-6H3,(H,31,34). The zero-order chi connectivity index (χ0) is 26.5. The van der Waals surface area contributed by atoms with Gasteiger partial charge in [-0.15, -0.1) is 0 Å². The first kappa shape index (κ1) is 26.5. The summed E-state index contributed by atoms with van der Waals surface area (Å²) in [5, 5.41) is 13.9. The van der Waals surface area contributed by atoms with Crippen molar-refractivity contribution in [2.24, 2.45) is 0 Å². The fourth-order valence-electron chi connectivity index (χ4n) is 3.81. The molecule has 6 heteroatoms. The number of aryl methyl sites for hydroxylation is 1. The van der Waals surface area contributed by atoms with E-state index in [2.05, 4.69) is 11.9 Å². The van der Waals surface area contributed by atoms with E-state index in [0.717, 1.165) is 27.8 Å². The lowest BCUT2D eigenvalue weighted by molar-refractivity contribution is -0.143. The minimum absolute atomic E-state index is 0.128. The van der Waals surface area contributed by atoms with Crippen LogP contribution in [0.4, 0.5) is 4.79 Å². The monoisotopic (exact) mass is 487 g/mol. The number of hydrogen-bond donors (Lipinski definition) is 2. The maximum atomic E-state index is 12.6. The highest BCUT2D eigenvalue weighted by molar-refractivity contribution is 5.85. The quantitative estimate of drug-likeness (QED) is 0.383. The summed E-state index contributed by atoms with van der Waals surface area (Å²) >= 11 is 0. The largest absolute Gasteiger partial charge is 0.507 e. The van der Waals surface area contributed by atoms with Gasteiger partial charge < -0.3 is 19.9 Å². The van der Waals surface area contributed by atoms with Crippen molar-refractivity contribution in [3.63, 3.8) is 0 Å². The molecule has 0 aromatic heterocycles. The number of hydrogen-bond acceptors (Lipinski definition) is 5. The maximum absolute atomic E-state index is 12.6. The molecule has 2 N–H and O–H groups in total. The number of alkyl carbamates (subject to hydrolysis) is 1. The number of phenols is 1. The number of benzene rings is 3. The Hall–Kier alpha value is -4.06. The highest BCUT2D eigenvalue weighted by Crippen LogP contribution is 2.40. The van der Waals surface area contributed by atoms with Gasteiger partial charge in [0.1, 0.15) is 17.4 Å². The molecule has 36 heavy (non-hydrogen) atoms. The SMILES string of the molecule is C=Cc1ccc(-c2cc(CC(NC(=O)OC(C)(C)C)C(=O)OC)cc(-c3ccc(C)cc3)c2O)cc1. The minimum Gasteiger partial charge on any atom is -0.507 e. The molecular weight excluding hydrogens is 454 g/mol. The van der Waals surface area contributed by atoms with Gasteiger partial charge in [0.15, 0.2) is 0 Å². The van der Waals surface area contributed by atoms with Gasteiger partial charge >= 0.3 is 12.1 Å². The van der Waals surface area contributed by atoms with Crippen LogP contribution in [0.25, 0.3) is 28.3 Å².